The van der Waals surface area contributed by atoms with E-state index < -0.39 is 0 Å². The Morgan fingerprint density at radius 3 is 2.47 bits per heavy atom. The summed E-state index contributed by atoms with van der Waals surface area (Å²) in [5, 5.41) is 0. The van der Waals surface area contributed by atoms with Crippen molar-refractivity contribution < 1.29 is 9.18 Å². The lowest BCUT2D eigenvalue weighted by Gasteiger charge is -2.32. The monoisotopic (exact) mass is 232 g/mol. The summed E-state index contributed by atoms with van der Waals surface area (Å²) in [4.78, 5) is 11.1. The second-order valence-electron chi connectivity index (χ2n) is 5.47. The third-order valence-electron chi connectivity index (χ3n) is 3.45. The number of carbonyl (C=O) groups is 1. The first-order valence-electron chi connectivity index (χ1n) is 5.95. The molecule has 0 amide bonds. The zero-order valence-electron chi connectivity index (χ0n) is 10.3. The second-order valence-corrected chi connectivity index (χ2v) is 5.47. The molecule has 2 rings (SSSR count). The molecule has 0 bridgehead atoms. The van der Waals surface area contributed by atoms with Crippen molar-refractivity contribution in [2.24, 2.45) is 5.41 Å². The summed E-state index contributed by atoms with van der Waals surface area (Å²) in [6.07, 6.45) is 3.69. The van der Waals surface area contributed by atoms with E-state index >= 15 is 0 Å². The molecule has 0 aromatic heterocycles. The Hall–Kier alpha value is -1.44. The molecule has 0 heterocycles. The van der Waals surface area contributed by atoms with E-state index in [1.54, 1.807) is 12.1 Å². The average molecular weight is 232 g/mol. The highest BCUT2D eigenvalue weighted by atomic mass is 19.1. The van der Waals surface area contributed by atoms with Crippen molar-refractivity contribution in [1.82, 2.24) is 0 Å². The van der Waals surface area contributed by atoms with Gasteiger partial charge in [0, 0.05) is 0 Å². The highest BCUT2D eigenvalue weighted by Gasteiger charge is 2.27. The predicted octanol–water partition coefficient (Wildman–Crippen LogP) is 3.99. The number of benzene rings is 1. The van der Waals surface area contributed by atoms with Crippen LogP contribution in [-0.2, 0) is 4.79 Å². The molecule has 1 aliphatic rings. The number of carbonyl (C=O) groups excluding carboxylic acids is 1. The van der Waals surface area contributed by atoms with Crippen LogP contribution in [0, 0.1) is 11.2 Å². The van der Waals surface area contributed by atoms with Gasteiger partial charge >= 0.3 is 0 Å². The number of allylic oxidation sites excluding steroid dienone is 2. The van der Waals surface area contributed by atoms with Gasteiger partial charge in [0.05, 0.1) is 0 Å². The quantitative estimate of drug-likeness (QED) is 0.705. The summed E-state index contributed by atoms with van der Waals surface area (Å²) >= 11 is 0. The molecular weight excluding hydrogens is 215 g/mol. The maximum Gasteiger partial charge on any atom is 0.146 e. The second kappa shape index (κ2) is 4.44. The summed E-state index contributed by atoms with van der Waals surface area (Å²) in [5.74, 6) is -0.239. The maximum absolute atomic E-state index is 12.9. The van der Waals surface area contributed by atoms with Gasteiger partial charge in [0.2, 0.25) is 0 Å². The molecule has 0 spiro atoms. The molecule has 0 atom stereocenters. The van der Waals surface area contributed by atoms with Crippen LogP contribution in [0.4, 0.5) is 4.39 Å². The lowest BCUT2D eigenvalue weighted by atomic mass is 9.73. The zero-order chi connectivity index (χ0) is 12.5. The number of rotatable bonds is 2. The Morgan fingerprint density at radius 2 is 1.88 bits per heavy atom. The molecular formula is C15H17FO. The van der Waals surface area contributed by atoms with E-state index in [4.69, 9.17) is 0 Å². The van der Waals surface area contributed by atoms with Crippen molar-refractivity contribution in [2.75, 3.05) is 0 Å². The maximum atomic E-state index is 12.9. The highest BCUT2D eigenvalue weighted by molar-refractivity contribution is 5.89. The van der Waals surface area contributed by atoms with Gasteiger partial charge in [-0.25, -0.2) is 4.39 Å². The lowest BCUT2D eigenvalue weighted by molar-refractivity contribution is -0.105. The Kier molecular flexibility index (Phi) is 3.14. The number of halogens is 1. The van der Waals surface area contributed by atoms with Crippen LogP contribution in [-0.4, -0.2) is 6.29 Å². The SMILES string of the molecule is CC1(C)CCC(C=O)=C(c2ccc(F)cc2)C1. The first-order chi connectivity index (χ1) is 8.02. The van der Waals surface area contributed by atoms with Gasteiger partial charge in [-0.15, -0.1) is 0 Å². The van der Waals surface area contributed by atoms with E-state index in [1.807, 2.05) is 0 Å². The minimum Gasteiger partial charge on any atom is -0.298 e. The van der Waals surface area contributed by atoms with E-state index in [1.165, 1.54) is 12.1 Å². The third kappa shape index (κ3) is 2.63. The van der Waals surface area contributed by atoms with Crippen LogP contribution in [0.15, 0.2) is 29.8 Å². The molecule has 0 N–H and O–H groups in total. The van der Waals surface area contributed by atoms with E-state index in [9.17, 15) is 9.18 Å². The molecule has 0 radical (unpaired) electrons. The minimum absolute atomic E-state index is 0.218. The van der Waals surface area contributed by atoms with Crippen LogP contribution in [0.2, 0.25) is 0 Å². The van der Waals surface area contributed by atoms with E-state index in [-0.39, 0.29) is 11.2 Å². The normalized spacial score (nSPS) is 19.2. The van der Waals surface area contributed by atoms with Gasteiger partial charge in [0.15, 0.2) is 0 Å². The van der Waals surface area contributed by atoms with Crippen molar-refractivity contribution in [1.29, 1.82) is 0 Å². The zero-order valence-corrected chi connectivity index (χ0v) is 10.3. The largest absolute Gasteiger partial charge is 0.298 e. The van der Waals surface area contributed by atoms with Crippen LogP contribution in [0.3, 0.4) is 0 Å². The molecule has 2 heteroatoms. The van der Waals surface area contributed by atoms with E-state index in [0.29, 0.717) is 0 Å². The molecule has 0 saturated carbocycles. The van der Waals surface area contributed by atoms with Gasteiger partial charge in [-0.1, -0.05) is 26.0 Å². The topological polar surface area (TPSA) is 17.1 Å². The number of hydrogen-bond acceptors (Lipinski definition) is 1. The fraction of sp³-hybridized carbons (Fsp3) is 0.400. The molecule has 90 valence electrons. The smallest absolute Gasteiger partial charge is 0.146 e. The summed E-state index contributed by atoms with van der Waals surface area (Å²) in [6, 6.07) is 6.42. The molecule has 0 aliphatic heterocycles. The van der Waals surface area contributed by atoms with Crippen molar-refractivity contribution in [3.8, 4) is 0 Å². The van der Waals surface area contributed by atoms with Crippen molar-refractivity contribution in [3.63, 3.8) is 0 Å². The lowest BCUT2D eigenvalue weighted by Crippen LogP contribution is -2.18. The molecule has 1 aromatic rings. The molecule has 1 aromatic carbocycles. The summed E-state index contributed by atoms with van der Waals surface area (Å²) in [6.45, 7) is 4.41. The predicted molar refractivity (Wildman–Crippen MR) is 67.0 cm³/mol. The van der Waals surface area contributed by atoms with Crippen LogP contribution >= 0.6 is 0 Å². The van der Waals surface area contributed by atoms with Crippen LogP contribution in [0.1, 0.15) is 38.7 Å². The van der Waals surface area contributed by atoms with Gasteiger partial charge in [0.1, 0.15) is 12.1 Å². The highest BCUT2D eigenvalue weighted by Crippen LogP contribution is 2.42. The van der Waals surface area contributed by atoms with Gasteiger partial charge in [-0.05, 0) is 53.5 Å². The Labute approximate surface area is 101 Å². The number of aldehydes is 1. The molecule has 0 unspecified atom stereocenters. The minimum atomic E-state index is -0.239. The Morgan fingerprint density at radius 1 is 1.24 bits per heavy atom. The summed E-state index contributed by atoms with van der Waals surface area (Å²) in [5.41, 5.74) is 3.14. The van der Waals surface area contributed by atoms with Gasteiger partial charge in [-0.2, -0.15) is 0 Å². The van der Waals surface area contributed by atoms with Crippen LogP contribution in [0.25, 0.3) is 5.57 Å². The van der Waals surface area contributed by atoms with Gasteiger partial charge in [-0.3, -0.25) is 4.79 Å². The third-order valence-corrected chi connectivity index (χ3v) is 3.45. The van der Waals surface area contributed by atoms with Gasteiger partial charge < -0.3 is 0 Å². The molecule has 1 aliphatic carbocycles. The van der Waals surface area contributed by atoms with Crippen molar-refractivity contribution >= 4 is 11.9 Å². The standard InChI is InChI=1S/C15H17FO/c1-15(2)8-7-12(10-17)14(9-15)11-3-5-13(16)6-4-11/h3-6,10H,7-9H2,1-2H3. The summed E-state index contributed by atoms with van der Waals surface area (Å²) < 4.78 is 12.9. The fourth-order valence-electron chi connectivity index (χ4n) is 2.37. The molecule has 17 heavy (non-hydrogen) atoms. The van der Waals surface area contributed by atoms with Gasteiger partial charge in [0.25, 0.3) is 0 Å². The molecule has 0 saturated heterocycles. The first-order valence-corrected chi connectivity index (χ1v) is 5.95. The van der Waals surface area contributed by atoms with Crippen LogP contribution < -0.4 is 0 Å². The Bertz CT molecular complexity index is 454. The molecule has 0 fully saturated rings. The van der Waals surface area contributed by atoms with Crippen molar-refractivity contribution in [2.45, 2.75) is 33.1 Å². The molecule has 1 nitrogen and oxygen atoms in total. The fourth-order valence-corrected chi connectivity index (χ4v) is 2.37. The Balaban J connectivity index is 2.42. The van der Waals surface area contributed by atoms with E-state index in [2.05, 4.69) is 13.8 Å². The number of hydrogen-bond donors (Lipinski definition) is 0. The van der Waals surface area contributed by atoms with Crippen molar-refractivity contribution in [3.05, 3.63) is 41.2 Å². The van der Waals surface area contributed by atoms with E-state index in [0.717, 1.165) is 42.3 Å². The first kappa shape index (κ1) is 12.0. The summed E-state index contributed by atoms with van der Waals surface area (Å²) in [7, 11) is 0. The van der Waals surface area contributed by atoms with Crippen LogP contribution in [0.5, 0.6) is 0 Å². The average Bonchev–Trinajstić information content (AvgIpc) is 2.29.